The third-order valence-corrected chi connectivity index (χ3v) is 3.29. The number of aromatic nitrogens is 1. The van der Waals surface area contributed by atoms with Gasteiger partial charge in [-0.05, 0) is 31.5 Å². The van der Waals surface area contributed by atoms with Gasteiger partial charge in [0.1, 0.15) is 5.15 Å². The van der Waals surface area contributed by atoms with E-state index in [9.17, 15) is 4.79 Å². The van der Waals surface area contributed by atoms with Gasteiger partial charge >= 0.3 is 0 Å². The lowest BCUT2D eigenvalue weighted by atomic mass is 10.2. The van der Waals surface area contributed by atoms with E-state index in [-0.39, 0.29) is 11.1 Å². The molecule has 0 saturated carbocycles. The molecule has 2 heterocycles. The Kier molecular flexibility index (Phi) is 3.97. The van der Waals surface area contributed by atoms with Gasteiger partial charge in [0.2, 0.25) is 0 Å². The van der Waals surface area contributed by atoms with Crippen LogP contribution in [0.3, 0.4) is 0 Å². The summed E-state index contributed by atoms with van der Waals surface area (Å²) < 4.78 is 0. The number of halogens is 1. The maximum atomic E-state index is 12.1. The monoisotopic (exact) mass is 253 g/mol. The maximum absolute atomic E-state index is 12.1. The van der Waals surface area contributed by atoms with Crippen molar-refractivity contribution < 1.29 is 4.79 Å². The Bertz CT molecular complexity index is 404. The normalized spacial score (nSPS) is 19.3. The number of carbonyl (C=O) groups is 1. The van der Waals surface area contributed by atoms with Crippen LogP contribution in [0.1, 0.15) is 23.2 Å². The third kappa shape index (κ3) is 2.96. The second-order valence-electron chi connectivity index (χ2n) is 4.32. The molecule has 0 aliphatic carbocycles. The van der Waals surface area contributed by atoms with Gasteiger partial charge in [0.15, 0.2) is 0 Å². The van der Waals surface area contributed by atoms with Crippen LogP contribution in [0.2, 0.25) is 5.15 Å². The summed E-state index contributed by atoms with van der Waals surface area (Å²) in [6.45, 7) is 1.75. The molecule has 2 rings (SSSR count). The van der Waals surface area contributed by atoms with Crippen molar-refractivity contribution in [2.24, 2.45) is 0 Å². The highest BCUT2D eigenvalue weighted by Crippen LogP contribution is 2.14. The number of hydrogen-bond donors (Lipinski definition) is 1. The predicted octanol–water partition coefficient (Wildman–Crippen LogP) is 1.56. The van der Waals surface area contributed by atoms with Gasteiger partial charge in [-0.15, -0.1) is 0 Å². The van der Waals surface area contributed by atoms with Crippen LogP contribution < -0.4 is 5.32 Å². The zero-order valence-electron chi connectivity index (χ0n) is 9.82. The average Bonchev–Trinajstić information content (AvgIpc) is 2.81. The summed E-state index contributed by atoms with van der Waals surface area (Å²) in [5.41, 5.74) is 0.467. The largest absolute Gasteiger partial charge is 0.340 e. The fourth-order valence-electron chi connectivity index (χ4n) is 2.08. The molecule has 1 aliphatic heterocycles. The summed E-state index contributed by atoms with van der Waals surface area (Å²) in [7, 11) is 1.80. The highest BCUT2D eigenvalue weighted by Gasteiger charge is 2.21. The summed E-state index contributed by atoms with van der Waals surface area (Å²) in [5.74, 6) is -0.0724. The molecule has 0 spiro atoms. The van der Waals surface area contributed by atoms with Crippen molar-refractivity contribution in [3.63, 3.8) is 0 Å². The molecule has 1 saturated heterocycles. The first-order valence-corrected chi connectivity index (χ1v) is 6.15. The van der Waals surface area contributed by atoms with Gasteiger partial charge in [0.25, 0.3) is 5.91 Å². The van der Waals surface area contributed by atoms with E-state index in [4.69, 9.17) is 11.6 Å². The van der Waals surface area contributed by atoms with Gasteiger partial charge in [-0.1, -0.05) is 11.6 Å². The van der Waals surface area contributed by atoms with Crippen LogP contribution in [0.4, 0.5) is 0 Å². The number of rotatable bonds is 3. The Morgan fingerprint density at radius 1 is 1.71 bits per heavy atom. The minimum Gasteiger partial charge on any atom is -0.340 e. The lowest BCUT2D eigenvalue weighted by molar-refractivity contribution is 0.0783. The fourth-order valence-corrected chi connectivity index (χ4v) is 2.28. The zero-order valence-corrected chi connectivity index (χ0v) is 10.6. The van der Waals surface area contributed by atoms with Gasteiger partial charge in [-0.3, -0.25) is 4.79 Å². The molecule has 0 radical (unpaired) electrons. The molecule has 0 aromatic carbocycles. The van der Waals surface area contributed by atoms with Crippen LogP contribution in [-0.4, -0.2) is 42.0 Å². The van der Waals surface area contributed by atoms with E-state index in [1.54, 1.807) is 30.3 Å². The average molecular weight is 254 g/mol. The summed E-state index contributed by atoms with van der Waals surface area (Å²) in [5, 5.41) is 3.63. The van der Waals surface area contributed by atoms with Gasteiger partial charge in [-0.2, -0.15) is 0 Å². The Morgan fingerprint density at radius 3 is 3.18 bits per heavy atom. The number of amides is 1. The quantitative estimate of drug-likeness (QED) is 0.832. The minimum atomic E-state index is -0.0724. The van der Waals surface area contributed by atoms with Crippen molar-refractivity contribution in [3.8, 4) is 0 Å². The SMILES string of the molecule is CN(C[C@@H]1CCCN1)C(=O)c1cccnc1Cl. The first-order valence-electron chi connectivity index (χ1n) is 5.78. The zero-order chi connectivity index (χ0) is 12.3. The van der Waals surface area contributed by atoms with Crippen LogP contribution in [0.15, 0.2) is 18.3 Å². The molecule has 0 bridgehead atoms. The lowest BCUT2D eigenvalue weighted by Crippen LogP contribution is -2.38. The van der Waals surface area contributed by atoms with Crippen LogP contribution >= 0.6 is 11.6 Å². The molecule has 1 fully saturated rings. The van der Waals surface area contributed by atoms with E-state index in [2.05, 4.69) is 10.3 Å². The Hall–Kier alpha value is -1.13. The number of hydrogen-bond acceptors (Lipinski definition) is 3. The summed E-state index contributed by atoms with van der Waals surface area (Å²) in [6.07, 6.45) is 3.89. The van der Waals surface area contributed by atoms with Gasteiger partial charge < -0.3 is 10.2 Å². The van der Waals surface area contributed by atoms with Crippen LogP contribution in [0, 0.1) is 0 Å². The number of nitrogens with zero attached hydrogens (tertiary/aromatic N) is 2. The van der Waals surface area contributed by atoms with Gasteiger partial charge in [-0.25, -0.2) is 4.98 Å². The second-order valence-corrected chi connectivity index (χ2v) is 4.68. The van der Waals surface area contributed by atoms with Crippen molar-refractivity contribution in [1.29, 1.82) is 0 Å². The number of pyridine rings is 1. The highest BCUT2D eigenvalue weighted by molar-refractivity contribution is 6.32. The molecule has 1 amide bonds. The van der Waals surface area contributed by atoms with E-state index in [1.807, 2.05) is 0 Å². The number of likely N-dealkylation sites (N-methyl/N-ethyl adjacent to an activating group) is 1. The Morgan fingerprint density at radius 2 is 2.53 bits per heavy atom. The standard InChI is InChI=1S/C12H16ClN3O/c1-16(8-9-4-2-6-14-9)12(17)10-5-3-7-15-11(10)13/h3,5,7,9,14H,2,4,6,8H2,1H3/t9-/m0/s1. The number of nitrogens with one attached hydrogen (secondary N) is 1. The lowest BCUT2D eigenvalue weighted by Gasteiger charge is -2.21. The summed E-state index contributed by atoms with van der Waals surface area (Å²) in [6, 6.07) is 3.83. The molecule has 5 heteroatoms. The molecular formula is C12H16ClN3O. The predicted molar refractivity (Wildman–Crippen MR) is 67.2 cm³/mol. The van der Waals surface area contributed by atoms with Crippen molar-refractivity contribution in [3.05, 3.63) is 29.0 Å². The van der Waals surface area contributed by atoms with Crippen LogP contribution in [-0.2, 0) is 0 Å². The van der Waals surface area contributed by atoms with Crippen molar-refractivity contribution in [2.75, 3.05) is 20.1 Å². The van der Waals surface area contributed by atoms with Crippen molar-refractivity contribution in [2.45, 2.75) is 18.9 Å². The first kappa shape index (κ1) is 12.3. The molecule has 92 valence electrons. The molecule has 1 atom stereocenters. The molecule has 4 nitrogen and oxygen atoms in total. The maximum Gasteiger partial charge on any atom is 0.256 e. The van der Waals surface area contributed by atoms with E-state index in [0.29, 0.717) is 18.2 Å². The molecular weight excluding hydrogens is 238 g/mol. The second kappa shape index (κ2) is 5.47. The molecule has 1 aromatic heterocycles. The smallest absolute Gasteiger partial charge is 0.256 e. The summed E-state index contributed by atoms with van der Waals surface area (Å²) >= 11 is 5.91. The van der Waals surface area contributed by atoms with E-state index in [0.717, 1.165) is 13.0 Å². The molecule has 17 heavy (non-hydrogen) atoms. The van der Waals surface area contributed by atoms with Gasteiger partial charge in [0.05, 0.1) is 5.56 Å². The topological polar surface area (TPSA) is 45.2 Å². The Balaban J connectivity index is 2.01. The van der Waals surface area contributed by atoms with Gasteiger partial charge in [0, 0.05) is 25.8 Å². The minimum absolute atomic E-state index is 0.0724. The van der Waals surface area contributed by atoms with E-state index < -0.39 is 0 Å². The molecule has 1 N–H and O–H groups in total. The van der Waals surface area contributed by atoms with Crippen LogP contribution in [0.25, 0.3) is 0 Å². The Labute approximate surface area is 106 Å². The summed E-state index contributed by atoms with van der Waals surface area (Å²) in [4.78, 5) is 17.7. The van der Waals surface area contributed by atoms with Crippen LogP contribution in [0.5, 0.6) is 0 Å². The van der Waals surface area contributed by atoms with E-state index in [1.165, 1.54) is 6.42 Å². The first-order chi connectivity index (χ1) is 8.18. The third-order valence-electron chi connectivity index (χ3n) is 2.99. The number of carbonyl (C=O) groups excluding carboxylic acids is 1. The molecule has 0 unspecified atom stereocenters. The molecule has 1 aliphatic rings. The van der Waals surface area contributed by atoms with Crippen molar-refractivity contribution in [1.82, 2.24) is 15.2 Å². The fraction of sp³-hybridized carbons (Fsp3) is 0.500. The highest BCUT2D eigenvalue weighted by atomic mass is 35.5. The van der Waals surface area contributed by atoms with Crippen molar-refractivity contribution >= 4 is 17.5 Å². The van der Waals surface area contributed by atoms with E-state index >= 15 is 0 Å². The molecule has 1 aromatic rings.